The molecule has 0 saturated heterocycles. The molecule has 1 amide bonds. The van der Waals surface area contributed by atoms with E-state index in [-0.39, 0.29) is 5.91 Å². The third-order valence-electron chi connectivity index (χ3n) is 4.52. The van der Waals surface area contributed by atoms with Crippen molar-refractivity contribution in [3.05, 3.63) is 59.3 Å². The summed E-state index contributed by atoms with van der Waals surface area (Å²) in [5.74, 6) is 0.0401. The number of amides is 1. The zero-order valence-corrected chi connectivity index (χ0v) is 13.8. The van der Waals surface area contributed by atoms with Gasteiger partial charge in [-0.2, -0.15) is 0 Å². The fourth-order valence-electron chi connectivity index (χ4n) is 3.10. The molecule has 23 heavy (non-hydrogen) atoms. The summed E-state index contributed by atoms with van der Waals surface area (Å²) in [4.78, 5) is 16.6. The zero-order chi connectivity index (χ0) is 16.1. The predicted octanol–water partition coefficient (Wildman–Crippen LogP) is 1.94. The first-order valence-electron chi connectivity index (χ1n) is 8.38. The van der Waals surface area contributed by atoms with Crippen molar-refractivity contribution in [1.82, 2.24) is 15.1 Å². The van der Waals surface area contributed by atoms with Crippen LogP contribution in [0, 0.1) is 0 Å². The lowest BCUT2D eigenvalue weighted by molar-refractivity contribution is -0.117. The summed E-state index contributed by atoms with van der Waals surface area (Å²) in [5.41, 5.74) is 3.71. The van der Waals surface area contributed by atoms with Gasteiger partial charge < -0.3 is 10.2 Å². The van der Waals surface area contributed by atoms with Crippen LogP contribution >= 0.6 is 0 Å². The van der Waals surface area contributed by atoms with E-state index in [0.29, 0.717) is 0 Å². The molecule has 1 N–H and O–H groups in total. The van der Waals surface area contributed by atoms with Crippen LogP contribution in [0.15, 0.2) is 48.2 Å². The van der Waals surface area contributed by atoms with Crippen molar-refractivity contribution in [2.75, 3.05) is 33.2 Å². The van der Waals surface area contributed by atoms with Crippen molar-refractivity contribution in [2.24, 2.45) is 0 Å². The van der Waals surface area contributed by atoms with Crippen molar-refractivity contribution in [3.8, 4) is 0 Å². The number of nitrogens with zero attached hydrogens (tertiary/aromatic N) is 2. The molecule has 1 aromatic rings. The van der Waals surface area contributed by atoms with Crippen molar-refractivity contribution >= 4 is 5.91 Å². The lowest BCUT2D eigenvalue weighted by Gasteiger charge is -2.28. The van der Waals surface area contributed by atoms with E-state index in [1.165, 1.54) is 11.1 Å². The zero-order valence-electron chi connectivity index (χ0n) is 13.8. The molecule has 2 heterocycles. The van der Waals surface area contributed by atoms with Crippen molar-refractivity contribution in [1.29, 1.82) is 0 Å². The van der Waals surface area contributed by atoms with E-state index in [9.17, 15) is 4.79 Å². The maximum absolute atomic E-state index is 12.1. The summed E-state index contributed by atoms with van der Waals surface area (Å²) in [5, 5.41) is 3.02. The summed E-state index contributed by atoms with van der Waals surface area (Å²) in [6, 6.07) is 8.69. The molecular weight excluding hydrogens is 286 g/mol. The average molecular weight is 311 g/mol. The smallest absolute Gasteiger partial charge is 0.251 e. The molecule has 0 saturated carbocycles. The molecule has 3 rings (SSSR count). The van der Waals surface area contributed by atoms with Crippen molar-refractivity contribution in [3.63, 3.8) is 0 Å². The molecule has 2 aliphatic rings. The first-order chi connectivity index (χ1) is 11.2. The summed E-state index contributed by atoms with van der Waals surface area (Å²) in [7, 11) is 2.00. The third-order valence-corrected chi connectivity index (χ3v) is 4.52. The Morgan fingerprint density at radius 2 is 2.09 bits per heavy atom. The Bertz CT molecular complexity index is 621. The SMILES string of the molecule is CN1C=CC(C(=O)NCCCN2CCc3ccccc3C2)=CC1. The minimum absolute atomic E-state index is 0.0401. The van der Waals surface area contributed by atoms with Crippen LogP contribution in [0.4, 0.5) is 0 Å². The van der Waals surface area contributed by atoms with Gasteiger partial charge in [0.2, 0.25) is 0 Å². The molecule has 2 aliphatic heterocycles. The first-order valence-corrected chi connectivity index (χ1v) is 8.38. The Kier molecular flexibility index (Phi) is 5.13. The molecule has 0 aromatic heterocycles. The van der Waals surface area contributed by atoms with E-state index >= 15 is 0 Å². The van der Waals surface area contributed by atoms with Gasteiger partial charge in [-0.25, -0.2) is 0 Å². The van der Waals surface area contributed by atoms with E-state index in [2.05, 4.69) is 34.5 Å². The highest BCUT2D eigenvalue weighted by molar-refractivity contribution is 5.96. The number of hydrogen-bond acceptors (Lipinski definition) is 3. The molecule has 0 aliphatic carbocycles. The maximum Gasteiger partial charge on any atom is 0.251 e. The summed E-state index contributed by atoms with van der Waals surface area (Å²) < 4.78 is 0. The van der Waals surface area contributed by atoms with E-state index in [1.807, 2.05) is 30.3 Å². The third kappa shape index (κ3) is 4.23. The summed E-state index contributed by atoms with van der Waals surface area (Å²) in [6.07, 6.45) is 7.91. The van der Waals surface area contributed by atoms with Crippen LogP contribution in [0.1, 0.15) is 17.5 Å². The molecule has 122 valence electrons. The van der Waals surface area contributed by atoms with Gasteiger partial charge in [0.1, 0.15) is 0 Å². The summed E-state index contributed by atoms with van der Waals surface area (Å²) >= 11 is 0. The fourth-order valence-corrected chi connectivity index (χ4v) is 3.10. The van der Waals surface area contributed by atoms with E-state index in [0.717, 1.165) is 51.1 Å². The molecule has 0 spiro atoms. The Morgan fingerprint density at radius 1 is 1.26 bits per heavy atom. The molecule has 4 heteroatoms. The van der Waals surface area contributed by atoms with E-state index in [4.69, 9.17) is 0 Å². The lowest BCUT2D eigenvalue weighted by atomic mass is 10.00. The second-order valence-electron chi connectivity index (χ2n) is 6.32. The van der Waals surface area contributed by atoms with Crippen LogP contribution in [0.5, 0.6) is 0 Å². The average Bonchev–Trinajstić information content (AvgIpc) is 2.59. The number of fused-ring (bicyclic) bond motifs is 1. The lowest BCUT2D eigenvalue weighted by Crippen LogP contribution is -2.34. The van der Waals surface area contributed by atoms with Crippen LogP contribution in [0.25, 0.3) is 0 Å². The van der Waals surface area contributed by atoms with Crippen LogP contribution in [-0.2, 0) is 17.8 Å². The number of carbonyl (C=O) groups is 1. The monoisotopic (exact) mass is 311 g/mol. The summed E-state index contributed by atoms with van der Waals surface area (Å²) in [6.45, 7) is 4.71. The highest BCUT2D eigenvalue weighted by Gasteiger charge is 2.15. The first kappa shape index (κ1) is 15.8. The number of likely N-dealkylation sites (N-methyl/N-ethyl adjacent to an activating group) is 1. The molecule has 1 aromatic carbocycles. The van der Waals surface area contributed by atoms with Crippen LogP contribution < -0.4 is 5.32 Å². The molecule has 4 nitrogen and oxygen atoms in total. The van der Waals surface area contributed by atoms with E-state index < -0.39 is 0 Å². The number of benzene rings is 1. The van der Waals surface area contributed by atoms with Gasteiger partial charge in [-0.15, -0.1) is 0 Å². The highest BCUT2D eigenvalue weighted by Crippen LogP contribution is 2.18. The van der Waals surface area contributed by atoms with Gasteiger partial charge in [0.25, 0.3) is 5.91 Å². The topological polar surface area (TPSA) is 35.6 Å². The predicted molar refractivity (Wildman–Crippen MR) is 92.9 cm³/mol. The largest absolute Gasteiger partial charge is 0.377 e. The molecule has 0 bridgehead atoms. The molecule has 0 fully saturated rings. The number of nitrogens with one attached hydrogen (secondary N) is 1. The van der Waals surface area contributed by atoms with Gasteiger partial charge in [-0.1, -0.05) is 30.3 Å². The number of rotatable bonds is 5. The van der Waals surface area contributed by atoms with Crippen LogP contribution in [0.3, 0.4) is 0 Å². The van der Waals surface area contributed by atoms with Gasteiger partial charge in [0.15, 0.2) is 0 Å². The molecule has 0 atom stereocenters. The van der Waals surface area contributed by atoms with Crippen molar-refractivity contribution < 1.29 is 4.79 Å². The Hall–Kier alpha value is -2.07. The Morgan fingerprint density at radius 3 is 2.87 bits per heavy atom. The number of hydrogen-bond donors (Lipinski definition) is 1. The second kappa shape index (κ2) is 7.47. The molecule has 0 radical (unpaired) electrons. The number of carbonyl (C=O) groups excluding carboxylic acids is 1. The van der Waals surface area contributed by atoms with Crippen LogP contribution in [-0.4, -0.2) is 48.9 Å². The minimum atomic E-state index is 0.0401. The van der Waals surface area contributed by atoms with E-state index in [1.54, 1.807) is 0 Å². The van der Waals surface area contributed by atoms with Gasteiger partial charge >= 0.3 is 0 Å². The van der Waals surface area contributed by atoms with Gasteiger partial charge in [0, 0.05) is 45.3 Å². The van der Waals surface area contributed by atoms with Gasteiger partial charge in [-0.3, -0.25) is 9.69 Å². The van der Waals surface area contributed by atoms with Gasteiger partial charge in [0.05, 0.1) is 0 Å². The highest BCUT2D eigenvalue weighted by atomic mass is 16.1. The maximum atomic E-state index is 12.1. The quantitative estimate of drug-likeness (QED) is 0.844. The van der Waals surface area contributed by atoms with Gasteiger partial charge in [-0.05, 0) is 36.2 Å². The Labute approximate surface area is 138 Å². The molecular formula is C19H25N3O. The van der Waals surface area contributed by atoms with Crippen LogP contribution in [0.2, 0.25) is 0 Å². The van der Waals surface area contributed by atoms with Crippen molar-refractivity contribution in [2.45, 2.75) is 19.4 Å². The standard InChI is InChI=1S/C19H25N3O/c1-21-12-7-17(8-13-21)19(23)20-10-4-11-22-14-9-16-5-2-3-6-18(16)15-22/h2-3,5-8,12H,4,9-11,13-15H2,1H3,(H,20,23). The second-order valence-corrected chi connectivity index (χ2v) is 6.32. The minimum Gasteiger partial charge on any atom is -0.377 e. The fraction of sp³-hybridized carbons (Fsp3) is 0.421. The molecule has 0 unspecified atom stereocenters. The normalized spacial score (nSPS) is 17.6. The Balaban J connectivity index is 1.38.